The van der Waals surface area contributed by atoms with Crippen LogP contribution in [0, 0.1) is 11.8 Å². The second-order valence-corrected chi connectivity index (χ2v) is 7.44. The maximum Gasteiger partial charge on any atom is 0.107 e. The highest BCUT2D eigenvalue weighted by molar-refractivity contribution is 4.77. The molecule has 1 aliphatic heterocycles. The molecule has 0 aromatic carbocycles. The first kappa shape index (κ1) is 21.9. The molecule has 1 rings (SSSR count). The minimum atomic E-state index is 0.136. The standard InChI is InChI=1S/C21H42O3/c1-5-9-11-18(7-3)15-22-17-21-20(13-14-23-21)24-16-19(8-4)12-10-6-2/h18-21H,5-17H2,1-4H3. The summed E-state index contributed by atoms with van der Waals surface area (Å²) in [4.78, 5) is 0. The van der Waals surface area contributed by atoms with E-state index in [-0.39, 0.29) is 12.2 Å². The van der Waals surface area contributed by atoms with Crippen LogP contribution >= 0.6 is 0 Å². The van der Waals surface area contributed by atoms with Crippen LogP contribution in [-0.4, -0.2) is 38.6 Å². The molecule has 0 aliphatic carbocycles. The molecule has 1 saturated heterocycles. The van der Waals surface area contributed by atoms with Crippen molar-refractivity contribution in [3.63, 3.8) is 0 Å². The number of hydrogen-bond acceptors (Lipinski definition) is 3. The van der Waals surface area contributed by atoms with Gasteiger partial charge in [-0.1, -0.05) is 66.2 Å². The van der Waals surface area contributed by atoms with Gasteiger partial charge in [-0.2, -0.15) is 0 Å². The average Bonchev–Trinajstić information content (AvgIpc) is 3.05. The van der Waals surface area contributed by atoms with Crippen LogP contribution in [0.4, 0.5) is 0 Å². The van der Waals surface area contributed by atoms with E-state index >= 15 is 0 Å². The Morgan fingerprint density at radius 2 is 1.54 bits per heavy atom. The second-order valence-electron chi connectivity index (χ2n) is 7.44. The minimum absolute atomic E-state index is 0.136. The summed E-state index contributed by atoms with van der Waals surface area (Å²) in [5.74, 6) is 1.40. The van der Waals surface area contributed by atoms with Gasteiger partial charge in [0.2, 0.25) is 0 Å². The third-order valence-corrected chi connectivity index (χ3v) is 5.42. The Bertz CT molecular complexity index is 282. The van der Waals surface area contributed by atoms with E-state index in [2.05, 4.69) is 27.7 Å². The summed E-state index contributed by atoms with van der Waals surface area (Å²) in [6, 6.07) is 0. The van der Waals surface area contributed by atoms with Crippen molar-refractivity contribution in [1.82, 2.24) is 0 Å². The number of ether oxygens (including phenoxy) is 3. The van der Waals surface area contributed by atoms with Crippen molar-refractivity contribution >= 4 is 0 Å². The largest absolute Gasteiger partial charge is 0.378 e. The van der Waals surface area contributed by atoms with Gasteiger partial charge >= 0.3 is 0 Å². The van der Waals surface area contributed by atoms with Gasteiger partial charge in [-0.3, -0.25) is 0 Å². The molecular formula is C21H42O3. The van der Waals surface area contributed by atoms with Crippen LogP contribution in [0.3, 0.4) is 0 Å². The highest BCUT2D eigenvalue weighted by Gasteiger charge is 2.30. The molecule has 3 nitrogen and oxygen atoms in total. The van der Waals surface area contributed by atoms with E-state index in [0.717, 1.165) is 26.2 Å². The summed E-state index contributed by atoms with van der Waals surface area (Å²) in [5, 5.41) is 0. The molecule has 3 heteroatoms. The van der Waals surface area contributed by atoms with Crippen molar-refractivity contribution in [3.05, 3.63) is 0 Å². The van der Waals surface area contributed by atoms with Crippen molar-refractivity contribution in [1.29, 1.82) is 0 Å². The van der Waals surface area contributed by atoms with E-state index in [9.17, 15) is 0 Å². The van der Waals surface area contributed by atoms with Gasteiger partial charge in [0.15, 0.2) is 0 Å². The molecule has 1 aliphatic rings. The number of unbranched alkanes of at least 4 members (excludes halogenated alkanes) is 2. The maximum absolute atomic E-state index is 6.21. The molecule has 1 heterocycles. The molecule has 4 atom stereocenters. The summed E-state index contributed by atoms with van der Waals surface area (Å²) in [6.07, 6.45) is 11.6. The van der Waals surface area contributed by atoms with Crippen molar-refractivity contribution in [3.8, 4) is 0 Å². The molecule has 24 heavy (non-hydrogen) atoms. The molecule has 0 spiro atoms. The predicted molar refractivity (Wildman–Crippen MR) is 102 cm³/mol. The van der Waals surface area contributed by atoms with Crippen molar-refractivity contribution < 1.29 is 14.2 Å². The summed E-state index contributed by atoms with van der Waals surface area (Å²) >= 11 is 0. The van der Waals surface area contributed by atoms with Crippen molar-refractivity contribution in [2.75, 3.05) is 26.4 Å². The Kier molecular flexibility index (Phi) is 12.9. The van der Waals surface area contributed by atoms with Crippen LogP contribution < -0.4 is 0 Å². The normalized spacial score (nSPS) is 23.5. The summed E-state index contributed by atoms with van der Waals surface area (Å²) in [6.45, 7) is 12.3. The van der Waals surface area contributed by atoms with E-state index in [1.165, 1.54) is 51.4 Å². The maximum atomic E-state index is 6.21. The van der Waals surface area contributed by atoms with Gasteiger partial charge in [-0.15, -0.1) is 0 Å². The Morgan fingerprint density at radius 1 is 0.917 bits per heavy atom. The zero-order valence-corrected chi connectivity index (χ0v) is 16.7. The number of hydrogen-bond donors (Lipinski definition) is 0. The molecule has 1 fully saturated rings. The SMILES string of the molecule is CCCCC(CC)COCC1OCCC1OCC(CC)CCCC. The van der Waals surface area contributed by atoms with Gasteiger partial charge in [0.1, 0.15) is 6.10 Å². The van der Waals surface area contributed by atoms with Gasteiger partial charge in [0.25, 0.3) is 0 Å². The van der Waals surface area contributed by atoms with Crippen LogP contribution in [0.5, 0.6) is 0 Å². The van der Waals surface area contributed by atoms with Gasteiger partial charge in [0.05, 0.1) is 12.7 Å². The lowest BCUT2D eigenvalue weighted by Gasteiger charge is -2.23. The van der Waals surface area contributed by atoms with E-state index in [1.54, 1.807) is 0 Å². The van der Waals surface area contributed by atoms with Gasteiger partial charge in [-0.05, 0) is 31.1 Å². The molecule has 0 aromatic heterocycles. The second kappa shape index (κ2) is 14.1. The molecule has 0 aromatic rings. The average molecular weight is 343 g/mol. The summed E-state index contributed by atoms with van der Waals surface area (Å²) in [7, 11) is 0. The zero-order valence-electron chi connectivity index (χ0n) is 16.7. The quantitative estimate of drug-likeness (QED) is 0.387. The van der Waals surface area contributed by atoms with Crippen LogP contribution in [0.1, 0.15) is 85.5 Å². The zero-order chi connectivity index (χ0) is 17.6. The number of rotatable bonds is 15. The summed E-state index contributed by atoms with van der Waals surface area (Å²) < 4.78 is 18.1. The predicted octanol–water partition coefficient (Wildman–Crippen LogP) is 5.61. The van der Waals surface area contributed by atoms with Crippen LogP contribution in [0.25, 0.3) is 0 Å². The van der Waals surface area contributed by atoms with Gasteiger partial charge < -0.3 is 14.2 Å². The molecule has 4 unspecified atom stereocenters. The van der Waals surface area contributed by atoms with Crippen molar-refractivity contribution in [2.24, 2.45) is 11.8 Å². The molecule has 0 saturated carbocycles. The van der Waals surface area contributed by atoms with Crippen molar-refractivity contribution in [2.45, 2.75) is 97.7 Å². The Morgan fingerprint density at radius 3 is 2.12 bits per heavy atom. The van der Waals surface area contributed by atoms with Gasteiger partial charge in [-0.25, -0.2) is 0 Å². The van der Waals surface area contributed by atoms with E-state index in [0.29, 0.717) is 18.4 Å². The van der Waals surface area contributed by atoms with E-state index < -0.39 is 0 Å². The highest BCUT2D eigenvalue weighted by atomic mass is 16.6. The smallest absolute Gasteiger partial charge is 0.107 e. The third-order valence-electron chi connectivity index (χ3n) is 5.42. The Labute approximate surface area is 150 Å². The minimum Gasteiger partial charge on any atom is -0.378 e. The van der Waals surface area contributed by atoms with Crippen LogP contribution in [-0.2, 0) is 14.2 Å². The molecular weight excluding hydrogens is 300 g/mol. The van der Waals surface area contributed by atoms with Crippen LogP contribution in [0.15, 0.2) is 0 Å². The first-order valence-electron chi connectivity index (χ1n) is 10.6. The fourth-order valence-electron chi connectivity index (χ4n) is 3.38. The molecule has 144 valence electrons. The Balaban J connectivity index is 2.24. The highest BCUT2D eigenvalue weighted by Crippen LogP contribution is 2.21. The third kappa shape index (κ3) is 8.82. The molecule has 0 radical (unpaired) electrons. The lowest BCUT2D eigenvalue weighted by Crippen LogP contribution is -2.31. The summed E-state index contributed by atoms with van der Waals surface area (Å²) in [5.41, 5.74) is 0. The van der Waals surface area contributed by atoms with E-state index in [4.69, 9.17) is 14.2 Å². The topological polar surface area (TPSA) is 27.7 Å². The van der Waals surface area contributed by atoms with E-state index in [1.807, 2.05) is 0 Å². The lowest BCUT2D eigenvalue weighted by molar-refractivity contribution is -0.0640. The molecule has 0 N–H and O–H groups in total. The monoisotopic (exact) mass is 342 g/mol. The molecule has 0 bridgehead atoms. The lowest BCUT2D eigenvalue weighted by atomic mass is 10.0. The Hall–Kier alpha value is -0.120. The van der Waals surface area contributed by atoms with Gasteiger partial charge in [0, 0.05) is 19.8 Å². The fraction of sp³-hybridized carbons (Fsp3) is 1.00. The van der Waals surface area contributed by atoms with Crippen LogP contribution in [0.2, 0.25) is 0 Å². The first-order chi connectivity index (χ1) is 11.7. The first-order valence-corrected chi connectivity index (χ1v) is 10.6. The fourth-order valence-corrected chi connectivity index (χ4v) is 3.38. The molecule has 0 amide bonds.